The number of Topliss-reactive ketones (excluding diaryl/α,β-unsaturated/α-hetero) is 1. The number of rotatable bonds is 6. The molecule has 4 nitrogen and oxygen atoms in total. The minimum Gasteiger partial charge on any atom is -0.489 e. The third-order valence-electron chi connectivity index (χ3n) is 3.67. The standard InChI is InChI=1S/C19H20N2O2/c22-18-8-4-7-17(13-18)21-20-16-9-11-19(12-10-16)23-14-15-5-2-1-3-6-15/h1-3,5-7,9-12,20-21H,4,8,13-14H2. The lowest BCUT2D eigenvalue weighted by atomic mass is 10.0. The first-order valence-electron chi connectivity index (χ1n) is 7.79. The number of carbonyl (C=O) groups excluding carboxylic acids is 1. The molecule has 0 amide bonds. The summed E-state index contributed by atoms with van der Waals surface area (Å²) >= 11 is 0. The molecule has 118 valence electrons. The lowest BCUT2D eigenvalue weighted by molar-refractivity contribution is -0.118. The third kappa shape index (κ3) is 4.61. The maximum Gasteiger partial charge on any atom is 0.139 e. The number of anilines is 1. The van der Waals surface area contributed by atoms with Crippen LogP contribution in [0.5, 0.6) is 5.75 Å². The van der Waals surface area contributed by atoms with E-state index in [4.69, 9.17) is 4.74 Å². The van der Waals surface area contributed by atoms with E-state index in [2.05, 4.69) is 16.9 Å². The summed E-state index contributed by atoms with van der Waals surface area (Å²) in [5.74, 6) is 1.10. The Morgan fingerprint density at radius 2 is 1.74 bits per heavy atom. The van der Waals surface area contributed by atoms with Crippen molar-refractivity contribution < 1.29 is 9.53 Å². The first-order chi connectivity index (χ1) is 11.3. The van der Waals surface area contributed by atoms with Crippen molar-refractivity contribution in [2.75, 3.05) is 5.43 Å². The molecule has 0 unspecified atom stereocenters. The molecule has 23 heavy (non-hydrogen) atoms. The van der Waals surface area contributed by atoms with Crippen LogP contribution in [0.1, 0.15) is 24.8 Å². The second-order valence-corrected chi connectivity index (χ2v) is 5.53. The zero-order valence-electron chi connectivity index (χ0n) is 12.9. The Morgan fingerprint density at radius 1 is 0.957 bits per heavy atom. The van der Waals surface area contributed by atoms with Crippen LogP contribution in [-0.4, -0.2) is 5.78 Å². The van der Waals surface area contributed by atoms with Crippen LogP contribution in [0, 0.1) is 0 Å². The van der Waals surface area contributed by atoms with Crippen LogP contribution in [0.4, 0.5) is 5.69 Å². The van der Waals surface area contributed by atoms with E-state index in [9.17, 15) is 4.79 Å². The van der Waals surface area contributed by atoms with Gasteiger partial charge in [0.2, 0.25) is 0 Å². The molecule has 0 radical (unpaired) electrons. The molecule has 2 N–H and O–H groups in total. The van der Waals surface area contributed by atoms with Gasteiger partial charge in [-0.3, -0.25) is 4.79 Å². The molecule has 0 atom stereocenters. The fourth-order valence-corrected chi connectivity index (χ4v) is 2.40. The normalized spacial score (nSPS) is 14.1. The fraction of sp³-hybridized carbons (Fsp3) is 0.211. The number of nitrogens with one attached hydrogen (secondary N) is 2. The van der Waals surface area contributed by atoms with Gasteiger partial charge >= 0.3 is 0 Å². The van der Waals surface area contributed by atoms with Gasteiger partial charge in [-0.2, -0.15) is 0 Å². The van der Waals surface area contributed by atoms with Gasteiger partial charge in [0.15, 0.2) is 0 Å². The average Bonchev–Trinajstić information content (AvgIpc) is 2.60. The summed E-state index contributed by atoms with van der Waals surface area (Å²) in [6, 6.07) is 17.8. The molecule has 0 fully saturated rings. The maximum atomic E-state index is 11.4. The van der Waals surface area contributed by atoms with Crippen LogP contribution in [-0.2, 0) is 11.4 Å². The largest absolute Gasteiger partial charge is 0.489 e. The van der Waals surface area contributed by atoms with Gasteiger partial charge < -0.3 is 15.6 Å². The predicted molar refractivity (Wildman–Crippen MR) is 90.9 cm³/mol. The summed E-state index contributed by atoms with van der Waals surface area (Å²) in [5, 5.41) is 0. The molecule has 1 aliphatic rings. The first-order valence-corrected chi connectivity index (χ1v) is 7.79. The quantitative estimate of drug-likeness (QED) is 0.797. The lowest BCUT2D eigenvalue weighted by Gasteiger charge is -2.16. The molecule has 0 saturated heterocycles. The number of hydrazine groups is 1. The van der Waals surface area contributed by atoms with Crippen LogP contribution in [0.2, 0.25) is 0 Å². The minimum absolute atomic E-state index is 0.279. The number of benzene rings is 2. The second-order valence-electron chi connectivity index (χ2n) is 5.53. The Bertz CT molecular complexity index is 678. The number of hydrogen-bond donors (Lipinski definition) is 2. The lowest BCUT2D eigenvalue weighted by Crippen LogP contribution is -2.24. The Labute approximate surface area is 136 Å². The molecule has 0 heterocycles. The predicted octanol–water partition coefficient (Wildman–Crippen LogP) is 3.82. The van der Waals surface area contributed by atoms with E-state index in [0.717, 1.165) is 29.1 Å². The van der Waals surface area contributed by atoms with Crippen LogP contribution in [0.15, 0.2) is 66.4 Å². The monoisotopic (exact) mass is 308 g/mol. The zero-order valence-corrected chi connectivity index (χ0v) is 12.9. The number of carbonyl (C=O) groups is 1. The van der Waals surface area contributed by atoms with Crippen LogP contribution in [0.25, 0.3) is 0 Å². The van der Waals surface area contributed by atoms with Gasteiger partial charge in [-0.15, -0.1) is 0 Å². The van der Waals surface area contributed by atoms with Gasteiger partial charge in [0.05, 0.1) is 5.69 Å². The van der Waals surface area contributed by atoms with Gasteiger partial charge in [-0.25, -0.2) is 0 Å². The van der Waals surface area contributed by atoms with E-state index in [1.54, 1.807) is 0 Å². The molecular formula is C19H20N2O2. The Hall–Kier alpha value is -2.75. The summed E-state index contributed by atoms with van der Waals surface area (Å²) < 4.78 is 5.75. The van der Waals surface area contributed by atoms with E-state index < -0.39 is 0 Å². The summed E-state index contributed by atoms with van der Waals surface area (Å²) in [6.07, 6.45) is 4.00. The van der Waals surface area contributed by atoms with Crippen LogP contribution >= 0.6 is 0 Å². The van der Waals surface area contributed by atoms with Gasteiger partial charge in [-0.05, 0) is 36.2 Å². The second kappa shape index (κ2) is 7.49. The number of ether oxygens (including phenoxy) is 1. The van der Waals surface area contributed by atoms with E-state index in [1.807, 2.05) is 54.6 Å². The highest BCUT2D eigenvalue weighted by molar-refractivity contribution is 5.82. The molecule has 1 aliphatic carbocycles. The number of hydrogen-bond acceptors (Lipinski definition) is 4. The zero-order chi connectivity index (χ0) is 15.9. The molecule has 0 bridgehead atoms. The fourth-order valence-electron chi connectivity index (χ4n) is 2.40. The molecule has 2 aromatic carbocycles. The van der Waals surface area contributed by atoms with Gasteiger partial charge in [-0.1, -0.05) is 36.4 Å². The summed E-state index contributed by atoms with van der Waals surface area (Å²) in [6.45, 7) is 0.556. The van der Waals surface area contributed by atoms with Gasteiger partial charge in [0, 0.05) is 18.5 Å². The topological polar surface area (TPSA) is 50.4 Å². The molecule has 4 heteroatoms. The van der Waals surface area contributed by atoms with E-state index in [-0.39, 0.29) is 5.78 Å². The highest BCUT2D eigenvalue weighted by Gasteiger charge is 2.10. The van der Waals surface area contributed by atoms with E-state index in [1.165, 1.54) is 0 Å². The Kier molecular flexibility index (Phi) is 4.94. The van der Waals surface area contributed by atoms with Crippen molar-refractivity contribution in [2.24, 2.45) is 0 Å². The van der Waals surface area contributed by atoms with E-state index in [0.29, 0.717) is 19.4 Å². The summed E-state index contributed by atoms with van der Waals surface area (Å²) in [5.41, 5.74) is 9.21. The molecule has 3 rings (SSSR count). The molecular weight excluding hydrogens is 288 g/mol. The highest BCUT2D eigenvalue weighted by atomic mass is 16.5. The average molecular weight is 308 g/mol. The molecule has 2 aromatic rings. The van der Waals surface area contributed by atoms with Crippen molar-refractivity contribution in [3.05, 3.63) is 71.9 Å². The molecule has 0 aromatic heterocycles. The number of allylic oxidation sites excluding steroid dienone is 2. The van der Waals surface area contributed by atoms with Crippen molar-refractivity contribution >= 4 is 11.5 Å². The smallest absolute Gasteiger partial charge is 0.139 e. The summed E-state index contributed by atoms with van der Waals surface area (Å²) in [7, 11) is 0. The van der Waals surface area contributed by atoms with Gasteiger partial charge in [0.25, 0.3) is 0 Å². The number of ketones is 1. The van der Waals surface area contributed by atoms with Crippen molar-refractivity contribution in [1.82, 2.24) is 5.43 Å². The van der Waals surface area contributed by atoms with Crippen molar-refractivity contribution in [1.29, 1.82) is 0 Å². The maximum absolute atomic E-state index is 11.4. The van der Waals surface area contributed by atoms with Crippen molar-refractivity contribution in [3.63, 3.8) is 0 Å². The van der Waals surface area contributed by atoms with Gasteiger partial charge in [0.1, 0.15) is 18.1 Å². The summed E-state index contributed by atoms with van der Waals surface area (Å²) in [4.78, 5) is 11.4. The van der Waals surface area contributed by atoms with Crippen LogP contribution < -0.4 is 15.6 Å². The Morgan fingerprint density at radius 3 is 2.48 bits per heavy atom. The first kappa shape index (κ1) is 15.2. The third-order valence-corrected chi connectivity index (χ3v) is 3.67. The van der Waals surface area contributed by atoms with Crippen molar-refractivity contribution in [2.45, 2.75) is 25.9 Å². The minimum atomic E-state index is 0.279. The van der Waals surface area contributed by atoms with E-state index >= 15 is 0 Å². The Balaban J connectivity index is 1.49. The molecule has 0 saturated carbocycles. The molecule has 0 spiro atoms. The SMILES string of the molecule is O=C1CCC=C(NNc2ccc(OCc3ccccc3)cc2)C1. The van der Waals surface area contributed by atoms with Crippen molar-refractivity contribution in [3.8, 4) is 5.75 Å². The highest BCUT2D eigenvalue weighted by Crippen LogP contribution is 2.17. The molecule has 0 aliphatic heterocycles. The van der Waals surface area contributed by atoms with Crippen LogP contribution in [0.3, 0.4) is 0 Å².